The molecule has 108 valence electrons. The molecule has 0 fully saturated rings. The molecule has 2 N–H and O–H groups in total. The van der Waals surface area contributed by atoms with Crippen LogP contribution in [0.5, 0.6) is 0 Å². The first-order valence-corrected chi connectivity index (χ1v) is 6.27. The van der Waals surface area contributed by atoms with E-state index in [4.69, 9.17) is 5.11 Å². The quantitative estimate of drug-likeness (QED) is 0.452. The Bertz CT molecular complexity index is 527. The predicted molar refractivity (Wildman–Crippen MR) is 71.9 cm³/mol. The molecule has 0 saturated carbocycles. The summed E-state index contributed by atoms with van der Waals surface area (Å²) < 4.78 is 0. The Morgan fingerprint density at radius 2 is 2.00 bits per heavy atom. The smallest absolute Gasteiger partial charge is 0.336 e. The Morgan fingerprint density at radius 1 is 1.30 bits per heavy atom. The van der Waals surface area contributed by atoms with Gasteiger partial charge in [0.2, 0.25) is 0 Å². The molecule has 0 unspecified atom stereocenters. The molecule has 0 heterocycles. The van der Waals surface area contributed by atoms with E-state index in [1.54, 1.807) is 0 Å². The lowest BCUT2D eigenvalue weighted by Crippen LogP contribution is -2.26. The minimum absolute atomic E-state index is 0.0698. The van der Waals surface area contributed by atoms with Crippen LogP contribution in [-0.2, 0) is 0 Å². The molecular formula is C13H16N2O5. The third kappa shape index (κ3) is 4.04. The van der Waals surface area contributed by atoms with Crippen LogP contribution in [-0.4, -0.2) is 28.5 Å². The van der Waals surface area contributed by atoms with E-state index in [9.17, 15) is 19.7 Å². The van der Waals surface area contributed by atoms with E-state index in [0.717, 1.165) is 37.5 Å². The van der Waals surface area contributed by atoms with E-state index in [1.165, 1.54) is 0 Å². The average molecular weight is 280 g/mol. The topological polar surface area (TPSA) is 110 Å². The van der Waals surface area contributed by atoms with Gasteiger partial charge in [-0.1, -0.05) is 19.8 Å². The summed E-state index contributed by atoms with van der Waals surface area (Å²) in [6.45, 7) is 2.48. The number of aromatic carboxylic acids is 1. The highest BCUT2D eigenvalue weighted by Crippen LogP contribution is 2.18. The number of non-ortho nitro benzene ring substituents is 1. The molecule has 0 bridgehead atoms. The number of nitro groups is 1. The summed E-state index contributed by atoms with van der Waals surface area (Å²) in [5.41, 5.74) is -0.795. The highest BCUT2D eigenvalue weighted by atomic mass is 16.6. The number of carboxylic acids is 1. The van der Waals surface area contributed by atoms with Gasteiger partial charge in [-0.05, 0) is 12.5 Å². The first kappa shape index (κ1) is 15.6. The van der Waals surface area contributed by atoms with Crippen LogP contribution in [0.3, 0.4) is 0 Å². The van der Waals surface area contributed by atoms with Crippen LogP contribution in [0.15, 0.2) is 18.2 Å². The summed E-state index contributed by atoms with van der Waals surface area (Å²) in [5, 5.41) is 22.2. The summed E-state index contributed by atoms with van der Waals surface area (Å²) in [4.78, 5) is 32.9. The lowest BCUT2D eigenvalue weighted by atomic mass is 10.1. The molecule has 1 rings (SSSR count). The average Bonchev–Trinajstić information content (AvgIpc) is 2.42. The number of rotatable bonds is 7. The highest BCUT2D eigenvalue weighted by molar-refractivity contribution is 6.05. The summed E-state index contributed by atoms with van der Waals surface area (Å²) in [7, 11) is 0. The van der Waals surface area contributed by atoms with E-state index in [2.05, 4.69) is 5.32 Å². The number of nitrogens with zero attached hydrogens (tertiary/aromatic N) is 1. The predicted octanol–water partition coefficient (Wildman–Crippen LogP) is 2.21. The van der Waals surface area contributed by atoms with Gasteiger partial charge in [0, 0.05) is 18.7 Å². The van der Waals surface area contributed by atoms with Crippen LogP contribution in [0.25, 0.3) is 0 Å². The minimum Gasteiger partial charge on any atom is -0.478 e. The van der Waals surface area contributed by atoms with Crippen LogP contribution in [0.1, 0.15) is 46.9 Å². The molecule has 0 aromatic heterocycles. The lowest BCUT2D eigenvalue weighted by Gasteiger charge is -2.07. The van der Waals surface area contributed by atoms with Gasteiger partial charge in [-0.3, -0.25) is 14.9 Å². The molecule has 0 atom stereocenters. The molecule has 7 nitrogen and oxygen atoms in total. The fourth-order valence-corrected chi connectivity index (χ4v) is 1.69. The van der Waals surface area contributed by atoms with Crippen molar-refractivity contribution in [2.45, 2.75) is 26.2 Å². The standard InChI is InChI=1S/C13H16N2O5/c1-2-3-4-7-14-12(16)10-6-5-9(15(19)20)8-11(10)13(17)18/h5-6,8H,2-4,7H2,1H3,(H,14,16)(H,17,18). The SMILES string of the molecule is CCCCCNC(=O)c1ccc([N+](=O)[O-])cc1C(=O)O. The van der Waals surface area contributed by atoms with Crippen molar-refractivity contribution in [3.8, 4) is 0 Å². The van der Waals surface area contributed by atoms with Crippen LogP contribution < -0.4 is 5.32 Å². The van der Waals surface area contributed by atoms with Crippen molar-refractivity contribution in [3.63, 3.8) is 0 Å². The van der Waals surface area contributed by atoms with Crippen LogP contribution in [0, 0.1) is 10.1 Å². The molecule has 0 spiro atoms. The first-order valence-electron chi connectivity index (χ1n) is 6.27. The minimum atomic E-state index is -1.37. The van der Waals surface area contributed by atoms with Crippen molar-refractivity contribution in [3.05, 3.63) is 39.4 Å². The zero-order valence-electron chi connectivity index (χ0n) is 11.1. The molecule has 0 aliphatic heterocycles. The summed E-state index contributed by atoms with van der Waals surface area (Å²) in [6, 6.07) is 3.17. The Hall–Kier alpha value is -2.44. The maximum absolute atomic E-state index is 11.9. The van der Waals surface area contributed by atoms with Crippen LogP contribution in [0.2, 0.25) is 0 Å². The van der Waals surface area contributed by atoms with Gasteiger partial charge in [0.1, 0.15) is 0 Å². The zero-order valence-corrected chi connectivity index (χ0v) is 11.1. The van der Waals surface area contributed by atoms with Gasteiger partial charge in [0.25, 0.3) is 11.6 Å². The molecule has 0 aliphatic rings. The second-order valence-corrected chi connectivity index (χ2v) is 4.26. The largest absolute Gasteiger partial charge is 0.478 e. The maximum Gasteiger partial charge on any atom is 0.336 e. The third-order valence-corrected chi connectivity index (χ3v) is 2.75. The molecule has 1 amide bonds. The highest BCUT2D eigenvalue weighted by Gasteiger charge is 2.20. The molecule has 7 heteroatoms. The van der Waals surface area contributed by atoms with E-state index >= 15 is 0 Å². The Kier molecular flexibility index (Phi) is 5.64. The van der Waals surface area contributed by atoms with E-state index in [-0.39, 0.29) is 16.8 Å². The molecule has 0 aliphatic carbocycles. The second kappa shape index (κ2) is 7.22. The normalized spacial score (nSPS) is 10.1. The van der Waals surface area contributed by atoms with Crippen molar-refractivity contribution in [1.29, 1.82) is 0 Å². The number of unbranched alkanes of at least 4 members (excludes halogenated alkanes) is 2. The molecule has 0 saturated heterocycles. The lowest BCUT2D eigenvalue weighted by molar-refractivity contribution is -0.384. The molecular weight excluding hydrogens is 264 g/mol. The number of carbonyl (C=O) groups is 2. The van der Waals surface area contributed by atoms with E-state index in [1.807, 2.05) is 6.92 Å². The van der Waals surface area contributed by atoms with Gasteiger partial charge in [-0.15, -0.1) is 0 Å². The number of amides is 1. The zero-order chi connectivity index (χ0) is 15.1. The number of nitrogens with one attached hydrogen (secondary N) is 1. The number of carboxylic acid groups (broad SMARTS) is 1. The van der Waals surface area contributed by atoms with E-state index < -0.39 is 16.8 Å². The number of benzene rings is 1. The molecule has 20 heavy (non-hydrogen) atoms. The fourth-order valence-electron chi connectivity index (χ4n) is 1.69. The third-order valence-electron chi connectivity index (χ3n) is 2.75. The van der Waals surface area contributed by atoms with E-state index in [0.29, 0.717) is 6.54 Å². The van der Waals surface area contributed by atoms with Gasteiger partial charge < -0.3 is 10.4 Å². The number of hydrogen-bond acceptors (Lipinski definition) is 4. The summed E-state index contributed by atoms with van der Waals surface area (Å²) in [6.07, 6.45) is 2.78. The fraction of sp³-hybridized carbons (Fsp3) is 0.385. The van der Waals surface area contributed by atoms with Gasteiger partial charge in [0.05, 0.1) is 16.1 Å². The Morgan fingerprint density at radius 3 is 2.55 bits per heavy atom. The number of hydrogen-bond donors (Lipinski definition) is 2. The van der Waals surface area contributed by atoms with Gasteiger partial charge in [-0.25, -0.2) is 4.79 Å². The monoisotopic (exact) mass is 280 g/mol. The molecule has 1 aromatic carbocycles. The van der Waals surface area contributed by atoms with Gasteiger partial charge in [-0.2, -0.15) is 0 Å². The van der Waals surface area contributed by atoms with Gasteiger partial charge in [0.15, 0.2) is 0 Å². The Balaban J connectivity index is 2.90. The van der Waals surface area contributed by atoms with Crippen molar-refractivity contribution in [2.24, 2.45) is 0 Å². The first-order chi connectivity index (χ1) is 9.47. The van der Waals surface area contributed by atoms with Crippen molar-refractivity contribution in [2.75, 3.05) is 6.54 Å². The summed E-state index contributed by atoms with van der Waals surface area (Å²) >= 11 is 0. The van der Waals surface area contributed by atoms with Crippen molar-refractivity contribution >= 4 is 17.6 Å². The van der Waals surface area contributed by atoms with Crippen LogP contribution in [0.4, 0.5) is 5.69 Å². The maximum atomic E-state index is 11.9. The Labute approximate surface area is 115 Å². The molecule has 1 aromatic rings. The second-order valence-electron chi connectivity index (χ2n) is 4.26. The number of carbonyl (C=O) groups excluding carboxylic acids is 1. The molecule has 0 radical (unpaired) electrons. The van der Waals surface area contributed by atoms with Crippen LogP contribution >= 0.6 is 0 Å². The van der Waals surface area contributed by atoms with Crippen molar-refractivity contribution in [1.82, 2.24) is 5.32 Å². The van der Waals surface area contributed by atoms with Crippen molar-refractivity contribution < 1.29 is 19.6 Å². The number of nitro benzene ring substituents is 1. The van der Waals surface area contributed by atoms with Gasteiger partial charge >= 0.3 is 5.97 Å². The summed E-state index contributed by atoms with van der Waals surface area (Å²) in [5.74, 6) is -1.90.